The number of hydrogen-bond donors (Lipinski definition) is 1. The molecular weight excluding hydrogens is 323 g/mol. The Labute approximate surface area is 127 Å². The van der Waals surface area contributed by atoms with Crippen molar-refractivity contribution in [1.82, 2.24) is 4.98 Å². The minimum Gasteiger partial charge on any atom is -0.477 e. The van der Waals surface area contributed by atoms with Crippen LogP contribution in [0.5, 0.6) is 11.5 Å². The quantitative estimate of drug-likeness (QED) is 0.676. The van der Waals surface area contributed by atoms with Gasteiger partial charge in [0, 0.05) is 12.1 Å². The highest BCUT2D eigenvalue weighted by atomic mass is 35.5. The highest BCUT2D eigenvalue weighted by molar-refractivity contribution is 6.42. The van der Waals surface area contributed by atoms with Crippen molar-refractivity contribution < 1.29 is 19.6 Å². The first-order valence-electron chi connectivity index (χ1n) is 5.39. The Hall–Kier alpha value is -2.38. The molecule has 21 heavy (non-hydrogen) atoms. The first kappa shape index (κ1) is 15.0. The summed E-state index contributed by atoms with van der Waals surface area (Å²) in [6.45, 7) is 0. The molecule has 1 aromatic heterocycles. The van der Waals surface area contributed by atoms with E-state index in [1.54, 1.807) is 0 Å². The molecule has 0 aliphatic rings. The van der Waals surface area contributed by atoms with Gasteiger partial charge in [-0.25, -0.2) is 9.78 Å². The van der Waals surface area contributed by atoms with Gasteiger partial charge in [0.1, 0.15) is 11.4 Å². The minimum absolute atomic E-state index is 0.0232. The van der Waals surface area contributed by atoms with Crippen molar-refractivity contribution in [2.45, 2.75) is 0 Å². The maximum absolute atomic E-state index is 10.9. The van der Waals surface area contributed by atoms with Gasteiger partial charge in [0.2, 0.25) is 5.75 Å². The van der Waals surface area contributed by atoms with Crippen molar-refractivity contribution in [2.75, 3.05) is 0 Å². The van der Waals surface area contributed by atoms with E-state index in [1.165, 1.54) is 18.2 Å². The molecule has 2 rings (SSSR count). The van der Waals surface area contributed by atoms with E-state index in [4.69, 9.17) is 33.0 Å². The highest BCUT2D eigenvalue weighted by Crippen LogP contribution is 2.37. The second-order valence-electron chi connectivity index (χ2n) is 3.78. The molecule has 0 atom stereocenters. The molecule has 0 bridgehead atoms. The third-order valence-corrected chi connectivity index (χ3v) is 3.10. The molecule has 1 heterocycles. The van der Waals surface area contributed by atoms with Crippen LogP contribution in [0.1, 0.15) is 10.5 Å². The number of ether oxygens (including phenoxy) is 1. The highest BCUT2D eigenvalue weighted by Gasteiger charge is 2.19. The summed E-state index contributed by atoms with van der Waals surface area (Å²) in [5.74, 6) is -1.19. The molecule has 7 nitrogen and oxygen atoms in total. The zero-order chi connectivity index (χ0) is 15.6. The number of benzene rings is 1. The minimum atomic E-state index is -1.19. The van der Waals surface area contributed by atoms with Gasteiger partial charge in [-0.2, -0.15) is 0 Å². The lowest BCUT2D eigenvalue weighted by Crippen LogP contribution is -2.00. The topological polar surface area (TPSA) is 103 Å². The van der Waals surface area contributed by atoms with Crippen LogP contribution in [0.15, 0.2) is 30.5 Å². The van der Waals surface area contributed by atoms with Crippen LogP contribution in [0, 0.1) is 10.1 Å². The number of nitro groups is 1. The number of aromatic nitrogens is 1. The van der Waals surface area contributed by atoms with Crippen LogP contribution >= 0.6 is 23.2 Å². The summed E-state index contributed by atoms with van der Waals surface area (Å²) < 4.78 is 5.30. The fourth-order valence-corrected chi connectivity index (χ4v) is 1.75. The van der Waals surface area contributed by atoms with E-state index in [2.05, 4.69) is 4.98 Å². The Morgan fingerprint density at radius 1 is 1.29 bits per heavy atom. The summed E-state index contributed by atoms with van der Waals surface area (Å²) in [7, 11) is 0. The second-order valence-corrected chi connectivity index (χ2v) is 4.59. The molecule has 9 heteroatoms. The van der Waals surface area contributed by atoms with E-state index in [1.807, 2.05) is 0 Å². The lowest BCUT2D eigenvalue weighted by Gasteiger charge is -2.07. The van der Waals surface area contributed by atoms with E-state index in [0.29, 0.717) is 0 Å². The molecule has 0 saturated carbocycles. The van der Waals surface area contributed by atoms with Gasteiger partial charge in [-0.15, -0.1) is 0 Å². The molecule has 0 amide bonds. The molecule has 0 unspecified atom stereocenters. The Morgan fingerprint density at radius 2 is 1.95 bits per heavy atom. The Bertz CT molecular complexity index is 718. The number of aromatic carboxylic acids is 1. The van der Waals surface area contributed by atoms with Crippen molar-refractivity contribution >= 4 is 34.9 Å². The lowest BCUT2D eigenvalue weighted by atomic mass is 10.3. The van der Waals surface area contributed by atoms with Gasteiger partial charge in [0.05, 0.1) is 21.2 Å². The molecule has 1 N–H and O–H groups in total. The first-order chi connectivity index (χ1) is 9.88. The van der Waals surface area contributed by atoms with Crippen molar-refractivity contribution in [1.29, 1.82) is 0 Å². The maximum atomic E-state index is 10.9. The molecule has 0 aliphatic carbocycles. The molecule has 0 radical (unpaired) electrons. The normalized spacial score (nSPS) is 10.2. The predicted molar refractivity (Wildman–Crippen MR) is 74.4 cm³/mol. The molecule has 2 aromatic rings. The number of hydrogen-bond acceptors (Lipinski definition) is 5. The molecule has 0 aliphatic heterocycles. The number of carbonyl (C=O) groups is 1. The van der Waals surface area contributed by atoms with Crippen molar-refractivity contribution in [3.8, 4) is 11.5 Å². The Morgan fingerprint density at radius 3 is 2.48 bits per heavy atom. The summed E-state index contributed by atoms with van der Waals surface area (Å²) in [5, 5.41) is 19.8. The summed E-state index contributed by atoms with van der Waals surface area (Å²) in [5.41, 5.74) is -0.544. The fraction of sp³-hybridized carbons (Fsp3) is 0. The van der Waals surface area contributed by atoms with Crippen LogP contribution in [-0.4, -0.2) is 21.0 Å². The van der Waals surface area contributed by atoms with Gasteiger partial charge in [-0.05, 0) is 12.1 Å². The molecule has 0 spiro atoms. The van der Waals surface area contributed by atoms with Crippen LogP contribution in [0.4, 0.5) is 5.69 Å². The van der Waals surface area contributed by atoms with Crippen LogP contribution in [0.3, 0.4) is 0 Å². The maximum Gasteiger partial charge on any atom is 0.354 e. The van der Waals surface area contributed by atoms with Crippen LogP contribution in [-0.2, 0) is 0 Å². The summed E-state index contributed by atoms with van der Waals surface area (Å²) >= 11 is 11.5. The average Bonchev–Trinajstić information content (AvgIpc) is 2.43. The lowest BCUT2D eigenvalue weighted by molar-refractivity contribution is -0.385. The standard InChI is InChI=1S/C12H6Cl2N2O5/c13-7-3-10(16(19)20)11(4-8(7)14)21-6-1-2-9(12(17)18)15-5-6/h1-5H,(H,17,18). The van der Waals surface area contributed by atoms with Gasteiger partial charge in [-0.3, -0.25) is 10.1 Å². The average molecular weight is 329 g/mol. The molecule has 0 saturated heterocycles. The number of nitrogens with zero attached hydrogens (tertiary/aromatic N) is 2. The summed E-state index contributed by atoms with van der Waals surface area (Å²) in [6, 6.07) is 4.80. The molecule has 1 aromatic carbocycles. The third-order valence-electron chi connectivity index (χ3n) is 2.38. The Balaban J connectivity index is 2.36. The summed E-state index contributed by atoms with van der Waals surface area (Å²) in [4.78, 5) is 24.6. The number of pyridine rings is 1. The molecule has 0 fully saturated rings. The van der Waals surface area contributed by atoms with Gasteiger partial charge < -0.3 is 9.84 Å². The van der Waals surface area contributed by atoms with Crippen LogP contribution in [0.25, 0.3) is 0 Å². The molecule has 108 valence electrons. The Kier molecular flexibility index (Phi) is 4.25. The van der Waals surface area contributed by atoms with E-state index in [-0.39, 0.29) is 32.9 Å². The van der Waals surface area contributed by atoms with Gasteiger partial charge >= 0.3 is 11.7 Å². The number of carboxylic acids is 1. The molecular formula is C12H6Cl2N2O5. The largest absolute Gasteiger partial charge is 0.477 e. The van der Waals surface area contributed by atoms with E-state index in [0.717, 1.165) is 12.3 Å². The van der Waals surface area contributed by atoms with E-state index in [9.17, 15) is 14.9 Å². The van der Waals surface area contributed by atoms with Crippen LogP contribution in [0.2, 0.25) is 10.0 Å². The zero-order valence-electron chi connectivity index (χ0n) is 10.1. The van der Waals surface area contributed by atoms with Crippen molar-refractivity contribution in [3.63, 3.8) is 0 Å². The summed E-state index contributed by atoms with van der Waals surface area (Å²) in [6.07, 6.45) is 1.13. The third kappa shape index (κ3) is 3.39. The van der Waals surface area contributed by atoms with Gasteiger partial charge in [0.15, 0.2) is 0 Å². The number of carboxylic acid groups (broad SMARTS) is 1. The fourth-order valence-electron chi connectivity index (χ4n) is 1.44. The zero-order valence-corrected chi connectivity index (χ0v) is 11.6. The number of halogens is 2. The van der Waals surface area contributed by atoms with E-state index >= 15 is 0 Å². The second kappa shape index (κ2) is 5.94. The van der Waals surface area contributed by atoms with Crippen molar-refractivity contribution in [2.24, 2.45) is 0 Å². The van der Waals surface area contributed by atoms with Gasteiger partial charge in [0.25, 0.3) is 0 Å². The predicted octanol–water partition coefficient (Wildman–Crippen LogP) is 3.79. The van der Waals surface area contributed by atoms with E-state index < -0.39 is 10.9 Å². The van der Waals surface area contributed by atoms with Gasteiger partial charge in [-0.1, -0.05) is 23.2 Å². The number of rotatable bonds is 4. The van der Waals surface area contributed by atoms with Crippen molar-refractivity contribution in [3.05, 3.63) is 56.3 Å². The number of nitro benzene ring substituents is 1. The first-order valence-corrected chi connectivity index (χ1v) is 6.14. The monoisotopic (exact) mass is 328 g/mol. The smallest absolute Gasteiger partial charge is 0.354 e. The SMILES string of the molecule is O=C(O)c1ccc(Oc2cc(Cl)c(Cl)cc2[N+](=O)[O-])cn1. The van der Waals surface area contributed by atoms with Crippen LogP contribution < -0.4 is 4.74 Å².